The fourth-order valence-electron chi connectivity index (χ4n) is 3.91. The van der Waals surface area contributed by atoms with Crippen molar-refractivity contribution in [2.45, 2.75) is 49.8 Å². The Balaban J connectivity index is 1.67. The van der Waals surface area contributed by atoms with Crippen LogP contribution in [0.1, 0.15) is 44.9 Å². The van der Waals surface area contributed by atoms with Gasteiger partial charge in [-0.3, -0.25) is 9.59 Å². The molecule has 9 heteroatoms. The highest BCUT2D eigenvalue weighted by Crippen LogP contribution is 2.31. The number of nitrogens with zero attached hydrogens (tertiary/aromatic N) is 1. The lowest BCUT2D eigenvalue weighted by atomic mass is 10.1. The normalized spacial score (nSPS) is 18.4. The first-order valence-corrected chi connectivity index (χ1v) is 11.6. The molecule has 1 heterocycles. The Morgan fingerprint density at radius 1 is 1.10 bits per heavy atom. The molecule has 1 aromatic carbocycles. The van der Waals surface area contributed by atoms with Crippen molar-refractivity contribution < 1.29 is 22.7 Å². The molecular formula is C20H29N3O5S. The third kappa shape index (κ3) is 5.27. The second-order valence-electron chi connectivity index (χ2n) is 7.58. The van der Waals surface area contributed by atoms with Crippen LogP contribution in [0, 0.1) is 5.92 Å². The quantitative estimate of drug-likeness (QED) is 0.699. The van der Waals surface area contributed by atoms with E-state index in [1.165, 1.54) is 23.5 Å². The van der Waals surface area contributed by atoms with Crippen molar-refractivity contribution >= 4 is 27.5 Å². The number of carbonyl (C=O) groups is 2. The summed E-state index contributed by atoms with van der Waals surface area (Å²) in [5.74, 6) is -0.267. The van der Waals surface area contributed by atoms with Crippen molar-refractivity contribution in [2.75, 3.05) is 32.1 Å². The summed E-state index contributed by atoms with van der Waals surface area (Å²) in [6.07, 6.45) is 6.51. The van der Waals surface area contributed by atoms with E-state index in [4.69, 9.17) is 4.74 Å². The average Bonchev–Trinajstić information content (AvgIpc) is 3.27. The lowest BCUT2D eigenvalue weighted by Crippen LogP contribution is -2.36. The first kappa shape index (κ1) is 21.6. The van der Waals surface area contributed by atoms with Gasteiger partial charge in [-0.2, -0.15) is 4.31 Å². The maximum atomic E-state index is 13.0. The van der Waals surface area contributed by atoms with Crippen molar-refractivity contribution in [1.29, 1.82) is 0 Å². The molecule has 1 aromatic rings. The molecule has 1 aliphatic carbocycles. The Morgan fingerprint density at radius 3 is 2.45 bits per heavy atom. The molecule has 0 atom stereocenters. The molecule has 2 amide bonds. The highest BCUT2D eigenvalue weighted by atomic mass is 32.2. The van der Waals surface area contributed by atoms with Gasteiger partial charge in [-0.05, 0) is 43.9 Å². The van der Waals surface area contributed by atoms with Gasteiger partial charge < -0.3 is 15.4 Å². The van der Waals surface area contributed by atoms with E-state index < -0.39 is 15.9 Å². The van der Waals surface area contributed by atoms with Crippen LogP contribution in [0.4, 0.5) is 5.69 Å². The molecule has 2 fully saturated rings. The van der Waals surface area contributed by atoms with Crippen LogP contribution in [0.5, 0.6) is 5.75 Å². The fourth-order valence-corrected chi connectivity index (χ4v) is 5.60. The van der Waals surface area contributed by atoms with Gasteiger partial charge in [0, 0.05) is 24.7 Å². The van der Waals surface area contributed by atoms with Crippen LogP contribution in [0.2, 0.25) is 0 Å². The maximum absolute atomic E-state index is 13.0. The van der Waals surface area contributed by atoms with E-state index in [1.807, 2.05) is 0 Å². The number of piperidine rings is 1. The Hall–Kier alpha value is -2.13. The van der Waals surface area contributed by atoms with Crippen molar-refractivity contribution in [1.82, 2.24) is 9.62 Å². The largest absolute Gasteiger partial charge is 0.495 e. The number of rotatable bonds is 7. The Kier molecular flexibility index (Phi) is 7.13. The van der Waals surface area contributed by atoms with Gasteiger partial charge in [0.1, 0.15) is 10.6 Å². The van der Waals surface area contributed by atoms with Gasteiger partial charge in [-0.1, -0.05) is 19.3 Å². The van der Waals surface area contributed by atoms with E-state index >= 15 is 0 Å². The van der Waals surface area contributed by atoms with Crippen LogP contribution >= 0.6 is 0 Å². The number of hydrogen-bond acceptors (Lipinski definition) is 5. The van der Waals surface area contributed by atoms with Gasteiger partial charge in [-0.25, -0.2) is 8.42 Å². The van der Waals surface area contributed by atoms with Crippen LogP contribution in [0.25, 0.3) is 0 Å². The maximum Gasteiger partial charge on any atom is 0.246 e. The molecule has 2 aliphatic rings. The zero-order valence-corrected chi connectivity index (χ0v) is 17.6. The minimum absolute atomic E-state index is 0.00919. The first-order chi connectivity index (χ1) is 13.9. The molecule has 3 rings (SSSR count). The third-order valence-corrected chi connectivity index (χ3v) is 7.45. The summed E-state index contributed by atoms with van der Waals surface area (Å²) in [6.45, 7) is 0.820. The summed E-state index contributed by atoms with van der Waals surface area (Å²) in [5.41, 5.74) is 0.349. The molecule has 0 radical (unpaired) electrons. The molecule has 0 spiro atoms. The summed E-state index contributed by atoms with van der Waals surface area (Å²) in [5, 5.41) is 5.32. The predicted octanol–water partition coefficient (Wildman–Crippen LogP) is 2.11. The molecule has 2 N–H and O–H groups in total. The number of amides is 2. The number of ether oxygens (including phenoxy) is 1. The summed E-state index contributed by atoms with van der Waals surface area (Å²) < 4.78 is 32.8. The summed E-state index contributed by atoms with van der Waals surface area (Å²) in [6, 6.07) is 4.54. The van der Waals surface area contributed by atoms with E-state index in [0.717, 1.165) is 44.9 Å². The molecule has 160 valence electrons. The second-order valence-corrected chi connectivity index (χ2v) is 9.48. The number of carbonyl (C=O) groups excluding carboxylic acids is 2. The second kappa shape index (κ2) is 9.58. The first-order valence-electron chi connectivity index (χ1n) is 10.2. The summed E-state index contributed by atoms with van der Waals surface area (Å²) in [7, 11) is -2.29. The molecule has 1 saturated carbocycles. The predicted molar refractivity (Wildman–Crippen MR) is 109 cm³/mol. The lowest BCUT2D eigenvalue weighted by molar-refractivity contribution is -0.127. The number of nitrogens with one attached hydrogen (secondary N) is 2. The smallest absolute Gasteiger partial charge is 0.246 e. The van der Waals surface area contributed by atoms with E-state index in [0.29, 0.717) is 18.8 Å². The number of sulfonamides is 1. The van der Waals surface area contributed by atoms with Gasteiger partial charge in [0.05, 0.1) is 13.7 Å². The van der Waals surface area contributed by atoms with Crippen molar-refractivity contribution in [3.8, 4) is 5.75 Å². The average molecular weight is 424 g/mol. The van der Waals surface area contributed by atoms with Crippen molar-refractivity contribution in [2.24, 2.45) is 5.92 Å². The number of methoxy groups -OCH3 is 1. The molecular weight excluding hydrogens is 394 g/mol. The molecule has 0 unspecified atom stereocenters. The lowest BCUT2D eigenvalue weighted by Gasteiger charge is -2.26. The van der Waals surface area contributed by atoms with Gasteiger partial charge in [0.2, 0.25) is 21.8 Å². The Labute approximate surface area is 172 Å². The van der Waals surface area contributed by atoms with Crippen LogP contribution in [0.15, 0.2) is 23.1 Å². The van der Waals surface area contributed by atoms with E-state index in [9.17, 15) is 18.0 Å². The summed E-state index contributed by atoms with van der Waals surface area (Å²) in [4.78, 5) is 24.3. The molecule has 0 bridgehead atoms. The zero-order valence-electron chi connectivity index (χ0n) is 16.8. The monoisotopic (exact) mass is 423 g/mol. The van der Waals surface area contributed by atoms with Crippen LogP contribution in [0.3, 0.4) is 0 Å². The zero-order chi connectivity index (χ0) is 20.9. The minimum Gasteiger partial charge on any atom is -0.495 e. The Bertz CT molecular complexity index is 844. The summed E-state index contributed by atoms with van der Waals surface area (Å²) >= 11 is 0. The van der Waals surface area contributed by atoms with E-state index in [-0.39, 0.29) is 29.0 Å². The van der Waals surface area contributed by atoms with E-state index in [2.05, 4.69) is 10.6 Å². The SMILES string of the molecule is COc1ccc(NC(=O)CNC(=O)C2CCCC2)cc1S(=O)(=O)N1CCCCC1. The van der Waals surface area contributed by atoms with Crippen LogP contribution < -0.4 is 15.4 Å². The molecule has 29 heavy (non-hydrogen) atoms. The molecule has 1 aliphatic heterocycles. The van der Waals surface area contributed by atoms with E-state index in [1.54, 1.807) is 6.07 Å². The van der Waals surface area contributed by atoms with Gasteiger partial charge >= 0.3 is 0 Å². The standard InChI is InChI=1S/C20H29N3O5S/c1-28-17-10-9-16(13-18(17)29(26,27)23-11-5-2-6-12-23)22-19(24)14-21-20(25)15-7-3-4-8-15/h9-10,13,15H,2-8,11-12,14H2,1H3,(H,21,25)(H,22,24). The van der Waals surface area contributed by atoms with Gasteiger partial charge in [0.15, 0.2) is 0 Å². The molecule has 1 saturated heterocycles. The molecule has 8 nitrogen and oxygen atoms in total. The fraction of sp³-hybridized carbons (Fsp3) is 0.600. The number of anilines is 1. The van der Waals surface area contributed by atoms with Crippen LogP contribution in [-0.4, -0.2) is 51.3 Å². The molecule has 0 aromatic heterocycles. The highest BCUT2D eigenvalue weighted by Gasteiger charge is 2.29. The number of hydrogen-bond donors (Lipinski definition) is 2. The van der Waals surface area contributed by atoms with Crippen LogP contribution in [-0.2, 0) is 19.6 Å². The minimum atomic E-state index is -3.71. The van der Waals surface area contributed by atoms with Crippen molar-refractivity contribution in [3.63, 3.8) is 0 Å². The van der Waals surface area contributed by atoms with Gasteiger partial charge in [0.25, 0.3) is 0 Å². The Morgan fingerprint density at radius 2 is 1.79 bits per heavy atom. The van der Waals surface area contributed by atoms with Gasteiger partial charge in [-0.15, -0.1) is 0 Å². The van der Waals surface area contributed by atoms with Crippen molar-refractivity contribution in [3.05, 3.63) is 18.2 Å². The topological polar surface area (TPSA) is 105 Å². The third-order valence-electron chi connectivity index (χ3n) is 5.53. The number of benzene rings is 1. The highest BCUT2D eigenvalue weighted by molar-refractivity contribution is 7.89.